The van der Waals surface area contributed by atoms with E-state index in [1.807, 2.05) is 6.07 Å². The van der Waals surface area contributed by atoms with Crippen molar-refractivity contribution in [3.8, 4) is 5.75 Å². The Morgan fingerprint density at radius 3 is 2.49 bits per heavy atom. The van der Waals surface area contributed by atoms with Gasteiger partial charge < -0.3 is 35.5 Å². The largest absolute Gasteiger partial charge is 0.508 e. The van der Waals surface area contributed by atoms with Gasteiger partial charge in [0.2, 0.25) is 10.0 Å². The maximum absolute atomic E-state index is 13.1. The third-order valence-electron chi connectivity index (χ3n) is 7.85. The molecule has 6 N–H and O–H groups in total. The molecule has 2 heterocycles. The molecule has 0 saturated carbocycles. The van der Waals surface area contributed by atoms with Crippen molar-refractivity contribution < 1.29 is 37.6 Å². The van der Waals surface area contributed by atoms with Gasteiger partial charge >= 0.3 is 6.09 Å². The Morgan fingerprint density at radius 1 is 1.10 bits per heavy atom. The van der Waals surface area contributed by atoms with E-state index in [9.17, 15) is 23.4 Å². The van der Waals surface area contributed by atoms with E-state index in [4.69, 9.17) is 19.9 Å². The van der Waals surface area contributed by atoms with Gasteiger partial charge in [0.25, 0.3) is 0 Å². The first-order chi connectivity index (χ1) is 19.6. The van der Waals surface area contributed by atoms with Gasteiger partial charge in [0.15, 0.2) is 6.29 Å². The maximum atomic E-state index is 13.1. The highest BCUT2D eigenvalue weighted by Crippen LogP contribution is 2.31. The SMILES string of the molecule is CCC(CC)Cc1ccc(NS(=O)(=O)C[C@H](O)[C@H](Cc2ccc(O)cc2)OC(=O)NC2COC3OCCC23)c(N)c1. The number of fused-ring (bicyclic) bond motifs is 1. The van der Waals surface area contributed by atoms with Crippen LogP contribution in [0.25, 0.3) is 0 Å². The summed E-state index contributed by atoms with van der Waals surface area (Å²) in [6.07, 6.45) is -0.237. The summed E-state index contributed by atoms with van der Waals surface area (Å²) >= 11 is 0. The second-order valence-corrected chi connectivity index (χ2v) is 12.6. The van der Waals surface area contributed by atoms with Crippen molar-refractivity contribution in [1.29, 1.82) is 0 Å². The van der Waals surface area contributed by atoms with E-state index in [-0.39, 0.29) is 48.4 Å². The van der Waals surface area contributed by atoms with Crippen LogP contribution in [0.2, 0.25) is 0 Å². The quantitative estimate of drug-likeness (QED) is 0.220. The molecule has 1 amide bonds. The van der Waals surface area contributed by atoms with Crippen LogP contribution >= 0.6 is 0 Å². The van der Waals surface area contributed by atoms with Crippen molar-refractivity contribution in [2.75, 3.05) is 29.4 Å². The van der Waals surface area contributed by atoms with E-state index in [1.165, 1.54) is 12.1 Å². The number of carbonyl (C=O) groups is 1. The van der Waals surface area contributed by atoms with E-state index in [2.05, 4.69) is 23.9 Å². The summed E-state index contributed by atoms with van der Waals surface area (Å²) in [5.41, 5.74) is 8.33. The zero-order valence-electron chi connectivity index (χ0n) is 23.5. The number of aromatic hydroxyl groups is 1. The summed E-state index contributed by atoms with van der Waals surface area (Å²) in [5.74, 6) is -0.166. The van der Waals surface area contributed by atoms with E-state index >= 15 is 0 Å². The molecule has 2 saturated heterocycles. The molecule has 0 aliphatic carbocycles. The van der Waals surface area contributed by atoms with Gasteiger partial charge in [-0.05, 0) is 54.2 Å². The average molecular weight is 592 g/mol. The highest BCUT2D eigenvalue weighted by molar-refractivity contribution is 7.92. The Labute approximate surface area is 241 Å². The number of alkyl carbamates (subject to hydrolysis) is 1. The fraction of sp³-hybridized carbons (Fsp3) is 0.552. The zero-order valence-corrected chi connectivity index (χ0v) is 24.3. The second-order valence-electron chi connectivity index (χ2n) is 10.8. The molecule has 12 heteroatoms. The van der Waals surface area contributed by atoms with Crippen LogP contribution in [0.1, 0.15) is 44.2 Å². The number of phenols is 1. The summed E-state index contributed by atoms with van der Waals surface area (Å²) in [4.78, 5) is 12.8. The normalized spacial score (nSPS) is 21.8. The van der Waals surface area contributed by atoms with Crippen molar-refractivity contribution in [2.45, 2.75) is 70.5 Å². The Bertz CT molecular complexity index is 1270. The molecule has 226 valence electrons. The first-order valence-electron chi connectivity index (χ1n) is 14.1. The number of rotatable bonds is 13. The number of nitrogens with one attached hydrogen (secondary N) is 2. The van der Waals surface area contributed by atoms with Crippen molar-refractivity contribution in [1.82, 2.24) is 5.32 Å². The van der Waals surface area contributed by atoms with E-state index in [1.54, 1.807) is 24.3 Å². The number of ether oxygens (including phenoxy) is 3. The molecule has 3 unspecified atom stereocenters. The number of nitrogen functional groups attached to an aromatic ring is 1. The minimum atomic E-state index is -4.08. The van der Waals surface area contributed by atoms with Crippen LogP contribution in [0, 0.1) is 11.8 Å². The van der Waals surface area contributed by atoms with Gasteiger partial charge in [-0.25, -0.2) is 13.2 Å². The zero-order chi connectivity index (χ0) is 29.6. The van der Waals surface area contributed by atoms with Gasteiger partial charge in [-0.15, -0.1) is 0 Å². The number of hydrogen-bond donors (Lipinski definition) is 5. The Hall–Kier alpha value is -3.06. The number of carbonyl (C=O) groups excluding carboxylic acids is 1. The summed E-state index contributed by atoms with van der Waals surface area (Å²) in [6, 6.07) is 11.1. The Morgan fingerprint density at radius 2 is 1.80 bits per heavy atom. The molecule has 2 aromatic carbocycles. The highest BCUT2D eigenvalue weighted by atomic mass is 32.2. The molecule has 0 radical (unpaired) electrons. The van der Waals surface area contributed by atoms with Gasteiger partial charge in [0.05, 0.1) is 36.4 Å². The minimum Gasteiger partial charge on any atom is -0.508 e. The van der Waals surface area contributed by atoms with Crippen LogP contribution in [0.5, 0.6) is 5.75 Å². The van der Waals surface area contributed by atoms with Crippen molar-refractivity contribution >= 4 is 27.5 Å². The van der Waals surface area contributed by atoms with Gasteiger partial charge in [-0.3, -0.25) is 4.72 Å². The van der Waals surface area contributed by atoms with Crippen LogP contribution in [0.3, 0.4) is 0 Å². The van der Waals surface area contributed by atoms with Gasteiger partial charge in [0, 0.05) is 12.3 Å². The topological polar surface area (TPSA) is 169 Å². The summed E-state index contributed by atoms with van der Waals surface area (Å²) < 4.78 is 45.2. The number of anilines is 2. The van der Waals surface area contributed by atoms with Crippen molar-refractivity contribution in [2.24, 2.45) is 11.8 Å². The number of aliphatic hydroxyl groups is 1. The molecule has 11 nitrogen and oxygen atoms in total. The maximum Gasteiger partial charge on any atom is 0.407 e. The molecule has 5 atom stereocenters. The van der Waals surface area contributed by atoms with Gasteiger partial charge in [-0.1, -0.05) is 44.9 Å². The lowest BCUT2D eigenvalue weighted by molar-refractivity contribution is -0.0905. The molecule has 2 aromatic rings. The first kappa shape index (κ1) is 30.9. The smallest absolute Gasteiger partial charge is 0.407 e. The summed E-state index contributed by atoms with van der Waals surface area (Å²) in [7, 11) is -4.08. The van der Waals surface area contributed by atoms with E-state index in [0.29, 0.717) is 18.1 Å². The number of sulfonamides is 1. The predicted octanol–water partition coefficient (Wildman–Crippen LogP) is 3.15. The van der Waals surface area contributed by atoms with Crippen LogP contribution in [-0.4, -0.2) is 68.2 Å². The lowest BCUT2D eigenvalue weighted by atomic mass is 9.94. The van der Waals surface area contributed by atoms with Crippen LogP contribution in [-0.2, 0) is 37.1 Å². The number of phenolic OH excluding ortho intramolecular Hbond substituents is 1. The van der Waals surface area contributed by atoms with Crippen molar-refractivity contribution in [3.63, 3.8) is 0 Å². The average Bonchev–Trinajstić information content (AvgIpc) is 3.54. The molecule has 2 fully saturated rings. The molecular weight excluding hydrogens is 550 g/mol. The Balaban J connectivity index is 1.42. The predicted molar refractivity (Wildman–Crippen MR) is 155 cm³/mol. The van der Waals surface area contributed by atoms with Crippen LogP contribution in [0.4, 0.5) is 16.2 Å². The second kappa shape index (κ2) is 13.7. The molecular formula is C29H41N3O8S. The third kappa shape index (κ3) is 8.48. The standard InChI is InChI=1S/C29H41N3O8S/c1-3-18(4-2)13-20-7-10-24(23(30)14-20)32-41(36,37)17-26(34)27(15-19-5-8-21(33)9-6-19)40-29(35)31-25-16-39-28-22(25)11-12-38-28/h5-10,14,18,22,25-28,32-34H,3-4,11-13,15-17,30H2,1-2H3,(H,31,35)/t22?,25?,26-,27-,28?/m0/s1. The molecule has 4 rings (SSSR count). The number of aliphatic hydroxyl groups excluding tert-OH is 1. The van der Waals surface area contributed by atoms with Crippen LogP contribution in [0.15, 0.2) is 42.5 Å². The lowest BCUT2D eigenvalue weighted by Crippen LogP contribution is -2.45. The molecule has 2 aliphatic rings. The molecule has 41 heavy (non-hydrogen) atoms. The number of benzene rings is 2. The van der Waals surface area contributed by atoms with E-state index in [0.717, 1.165) is 31.2 Å². The van der Waals surface area contributed by atoms with Gasteiger partial charge in [0.1, 0.15) is 18.0 Å². The van der Waals surface area contributed by atoms with Gasteiger partial charge in [-0.2, -0.15) is 0 Å². The summed E-state index contributed by atoms with van der Waals surface area (Å²) in [5, 5.41) is 23.4. The molecule has 2 aliphatic heterocycles. The number of hydrogen-bond acceptors (Lipinski definition) is 9. The molecule has 0 spiro atoms. The monoisotopic (exact) mass is 591 g/mol. The fourth-order valence-corrected chi connectivity index (χ4v) is 6.61. The molecule has 0 bridgehead atoms. The fourth-order valence-electron chi connectivity index (χ4n) is 5.34. The van der Waals surface area contributed by atoms with Crippen molar-refractivity contribution in [3.05, 3.63) is 53.6 Å². The third-order valence-corrected chi connectivity index (χ3v) is 9.17. The number of nitrogens with two attached hydrogens (primary N) is 1. The van der Waals surface area contributed by atoms with E-state index < -0.39 is 34.1 Å². The minimum absolute atomic E-state index is 0.000669. The first-order valence-corrected chi connectivity index (χ1v) is 15.8. The van der Waals surface area contributed by atoms with Crippen LogP contribution < -0.4 is 15.8 Å². The Kier molecular flexibility index (Phi) is 10.3. The highest BCUT2D eigenvalue weighted by Gasteiger charge is 2.43. The molecule has 0 aromatic heterocycles. The summed E-state index contributed by atoms with van der Waals surface area (Å²) in [6.45, 7) is 5.08. The lowest BCUT2D eigenvalue weighted by Gasteiger charge is -2.25. The number of amides is 1.